The van der Waals surface area contributed by atoms with Gasteiger partial charge in [-0.05, 0) is 24.1 Å². The van der Waals surface area contributed by atoms with Crippen molar-refractivity contribution in [1.29, 1.82) is 0 Å². The molecule has 5 heteroatoms. The van der Waals surface area contributed by atoms with Crippen LogP contribution in [0.3, 0.4) is 0 Å². The van der Waals surface area contributed by atoms with Crippen molar-refractivity contribution in [2.75, 3.05) is 37.7 Å². The van der Waals surface area contributed by atoms with Crippen molar-refractivity contribution in [3.8, 4) is 0 Å². The van der Waals surface area contributed by atoms with Crippen molar-refractivity contribution in [3.05, 3.63) is 23.2 Å². The molecule has 1 fully saturated rings. The largest absolute Gasteiger partial charge is 0.398 e. The summed E-state index contributed by atoms with van der Waals surface area (Å²) in [6, 6.07) is 5.61. The average Bonchev–Trinajstić information content (AvgIpc) is 2.39. The molecule has 2 N–H and O–H groups in total. The first-order valence-corrected chi connectivity index (χ1v) is 8.42. The number of nitrogens with zero attached hydrogens (tertiary/aromatic N) is 1. The highest BCUT2D eigenvalue weighted by Crippen LogP contribution is 2.29. The molecular formula is C15H23ClN2OS. The van der Waals surface area contributed by atoms with E-state index in [9.17, 15) is 0 Å². The smallest absolute Gasteiger partial charge is 0.0796 e. The number of hydrogen-bond acceptors (Lipinski definition) is 4. The van der Waals surface area contributed by atoms with E-state index in [0.29, 0.717) is 5.92 Å². The number of ether oxygens (including phenoxy) is 1. The van der Waals surface area contributed by atoms with Gasteiger partial charge in [0, 0.05) is 41.0 Å². The molecule has 0 aromatic heterocycles. The molecule has 0 radical (unpaired) electrons. The first kappa shape index (κ1) is 16.0. The summed E-state index contributed by atoms with van der Waals surface area (Å²) in [6.45, 7) is 8.52. The van der Waals surface area contributed by atoms with E-state index < -0.39 is 0 Å². The fourth-order valence-corrected chi connectivity index (χ4v) is 3.63. The second kappa shape index (κ2) is 7.55. The van der Waals surface area contributed by atoms with Crippen molar-refractivity contribution < 1.29 is 4.74 Å². The SMILES string of the molecule is CC(C)CN1CCOC(CSc2cc(Cl)ccc2N)C1. The maximum absolute atomic E-state index is 6.01. The minimum Gasteiger partial charge on any atom is -0.398 e. The second-order valence-electron chi connectivity index (χ2n) is 5.64. The minimum atomic E-state index is 0.269. The van der Waals surface area contributed by atoms with Crippen LogP contribution in [0.4, 0.5) is 5.69 Å². The van der Waals surface area contributed by atoms with Gasteiger partial charge < -0.3 is 10.5 Å². The predicted octanol–water partition coefficient (Wildman–Crippen LogP) is 3.37. The van der Waals surface area contributed by atoms with E-state index in [1.807, 2.05) is 18.2 Å². The summed E-state index contributed by atoms with van der Waals surface area (Å²) >= 11 is 7.74. The highest BCUT2D eigenvalue weighted by Gasteiger charge is 2.21. The third kappa shape index (κ3) is 4.85. The van der Waals surface area contributed by atoms with Gasteiger partial charge in [-0.25, -0.2) is 0 Å². The van der Waals surface area contributed by atoms with E-state index in [4.69, 9.17) is 22.1 Å². The quantitative estimate of drug-likeness (QED) is 0.668. The van der Waals surface area contributed by atoms with Crippen LogP contribution in [0.15, 0.2) is 23.1 Å². The zero-order valence-electron chi connectivity index (χ0n) is 12.1. The Morgan fingerprint density at radius 2 is 2.30 bits per heavy atom. The highest BCUT2D eigenvalue weighted by atomic mass is 35.5. The molecular weight excluding hydrogens is 292 g/mol. The standard InChI is InChI=1S/C15H23ClN2OS/c1-11(2)8-18-5-6-19-13(9-18)10-20-15-7-12(16)3-4-14(15)17/h3-4,7,11,13H,5-6,8-10,17H2,1-2H3. The van der Waals surface area contributed by atoms with Crippen molar-refractivity contribution >= 4 is 29.1 Å². The zero-order valence-corrected chi connectivity index (χ0v) is 13.7. The van der Waals surface area contributed by atoms with Crippen LogP contribution in [-0.4, -0.2) is 43.0 Å². The lowest BCUT2D eigenvalue weighted by Crippen LogP contribution is -2.44. The highest BCUT2D eigenvalue weighted by molar-refractivity contribution is 7.99. The van der Waals surface area contributed by atoms with E-state index in [1.54, 1.807) is 11.8 Å². The molecule has 1 aliphatic rings. The van der Waals surface area contributed by atoms with Gasteiger partial charge in [0.15, 0.2) is 0 Å². The minimum absolute atomic E-state index is 0.269. The molecule has 1 aliphatic heterocycles. The fourth-order valence-electron chi connectivity index (χ4n) is 2.38. The number of morpholine rings is 1. The summed E-state index contributed by atoms with van der Waals surface area (Å²) in [6.07, 6.45) is 0.269. The summed E-state index contributed by atoms with van der Waals surface area (Å²) in [5.41, 5.74) is 6.75. The van der Waals surface area contributed by atoms with Gasteiger partial charge in [-0.1, -0.05) is 25.4 Å². The lowest BCUT2D eigenvalue weighted by Gasteiger charge is -2.33. The number of halogens is 1. The van der Waals surface area contributed by atoms with Crippen LogP contribution in [0.25, 0.3) is 0 Å². The lowest BCUT2D eigenvalue weighted by atomic mass is 10.2. The Hall–Kier alpha value is -0.420. The third-order valence-electron chi connectivity index (χ3n) is 3.25. The molecule has 0 bridgehead atoms. The number of nitrogens with two attached hydrogens (primary N) is 1. The molecule has 0 aliphatic carbocycles. The monoisotopic (exact) mass is 314 g/mol. The molecule has 1 saturated heterocycles. The summed E-state index contributed by atoms with van der Waals surface area (Å²) in [5.74, 6) is 1.61. The van der Waals surface area contributed by atoms with Gasteiger partial charge in [0.05, 0.1) is 12.7 Å². The van der Waals surface area contributed by atoms with Crippen molar-refractivity contribution in [2.24, 2.45) is 5.92 Å². The molecule has 1 atom stereocenters. The normalized spacial score (nSPS) is 20.5. The first-order valence-electron chi connectivity index (χ1n) is 7.06. The zero-order chi connectivity index (χ0) is 14.5. The topological polar surface area (TPSA) is 38.5 Å². The van der Waals surface area contributed by atoms with Crippen LogP contribution >= 0.6 is 23.4 Å². The first-order chi connectivity index (χ1) is 9.54. The van der Waals surface area contributed by atoms with Crippen LogP contribution in [-0.2, 0) is 4.74 Å². The van der Waals surface area contributed by atoms with Crippen molar-refractivity contribution in [3.63, 3.8) is 0 Å². The van der Waals surface area contributed by atoms with Gasteiger partial charge in [0.25, 0.3) is 0 Å². The summed E-state index contributed by atoms with van der Waals surface area (Å²) in [4.78, 5) is 3.53. The molecule has 0 saturated carbocycles. The van der Waals surface area contributed by atoms with Crippen LogP contribution in [0, 0.1) is 5.92 Å². The van der Waals surface area contributed by atoms with Crippen molar-refractivity contribution in [1.82, 2.24) is 4.90 Å². The van der Waals surface area contributed by atoms with E-state index in [0.717, 1.165) is 47.6 Å². The molecule has 0 amide bonds. The Morgan fingerprint density at radius 1 is 1.50 bits per heavy atom. The molecule has 112 valence electrons. The number of thioether (sulfide) groups is 1. The van der Waals surface area contributed by atoms with Gasteiger partial charge in [-0.3, -0.25) is 4.90 Å². The van der Waals surface area contributed by atoms with Crippen molar-refractivity contribution in [2.45, 2.75) is 24.8 Å². The number of benzene rings is 1. The second-order valence-corrected chi connectivity index (χ2v) is 7.14. The molecule has 1 aromatic rings. The van der Waals surface area contributed by atoms with Crippen LogP contribution < -0.4 is 5.73 Å². The van der Waals surface area contributed by atoms with E-state index in [2.05, 4.69) is 18.7 Å². The van der Waals surface area contributed by atoms with Crippen LogP contribution in [0.1, 0.15) is 13.8 Å². The fraction of sp³-hybridized carbons (Fsp3) is 0.600. The lowest BCUT2D eigenvalue weighted by molar-refractivity contribution is -0.0191. The van der Waals surface area contributed by atoms with E-state index in [-0.39, 0.29) is 6.10 Å². The number of rotatable bonds is 5. The van der Waals surface area contributed by atoms with Gasteiger partial charge in [-0.15, -0.1) is 11.8 Å². The molecule has 1 aromatic carbocycles. The Morgan fingerprint density at radius 3 is 3.05 bits per heavy atom. The Labute approximate surface area is 130 Å². The molecule has 3 nitrogen and oxygen atoms in total. The number of hydrogen-bond donors (Lipinski definition) is 1. The maximum atomic E-state index is 6.01. The van der Waals surface area contributed by atoms with Gasteiger partial charge in [0.2, 0.25) is 0 Å². The molecule has 1 unspecified atom stereocenters. The maximum Gasteiger partial charge on any atom is 0.0796 e. The number of anilines is 1. The van der Waals surface area contributed by atoms with Gasteiger partial charge in [0.1, 0.15) is 0 Å². The molecule has 2 rings (SSSR count). The predicted molar refractivity (Wildman–Crippen MR) is 87.6 cm³/mol. The average molecular weight is 315 g/mol. The van der Waals surface area contributed by atoms with E-state index >= 15 is 0 Å². The summed E-state index contributed by atoms with van der Waals surface area (Å²) < 4.78 is 5.85. The molecule has 0 spiro atoms. The number of nitrogen functional groups attached to an aromatic ring is 1. The van der Waals surface area contributed by atoms with Gasteiger partial charge in [-0.2, -0.15) is 0 Å². The van der Waals surface area contributed by atoms with Crippen LogP contribution in [0.5, 0.6) is 0 Å². The molecule has 1 heterocycles. The van der Waals surface area contributed by atoms with E-state index in [1.165, 1.54) is 0 Å². The summed E-state index contributed by atoms with van der Waals surface area (Å²) in [5, 5.41) is 0.729. The van der Waals surface area contributed by atoms with Crippen LogP contribution in [0.2, 0.25) is 5.02 Å². The summed E-state index contributed by atoms with van der Waals surface area (Å²) in [7, 11) is 0. The Balaban J connectivity index is 1.85. The third-order valence-corrected chi connectivity index (χ3v) is 4.68. The Bertz CT molecular complexity index is 442. The molecule has 20 heavy (non-hydrogen) atoms. The van der Waals surface area contributed by atoms with Gasteiger partial charge >= 0.3 is 0 Å². The Kier molecular flexibility index (Phi) is 6.02.